The van der Waals surface area contributed by atoms with Crippen LogP contribution in [-0.4, -0.2) is 10.9 Å². The lowest BCUT2D eigenvalue weighted by molar-refractivity contribution is -0.116. The summed E-state index contributed by atoms with van der Waals surface area (Å²) in [5.74, 6) is -1.26. The fourth-order valence-corrected chi connectivity index (χ4v) is 2.69. The average Bonchev–Trinajstić information content (AvgIpc) is 2.87. The van der Waals surface area contributed by atoms with Crippen molar-refractivity contribution in [2.24, 2.45) is 0 Å². The van der Waals surface area contributed by atoms with Crippen LogP contribution in [0, 0.1) is 11.6 Å². The molecule has 0 spiro atoms. The van der Waals surface area contributed by atoms with Gasteiger partial charge in [-0.15, -0.1) is 11.3 Å². The monoisotopic (exact) mass is 310 g/mol. The summed E-state index contributed by atoms with van der Waals surface area (Å²) in [7, 11) is 0. The number of thiazole rings is 1. The van der Waals surface area contributed by atoms with Gasteiger partial charge in [-0.3, -0.25) is 4.79 Å². The van der Waals surface area contributed by atoms with Gasteiger partial charge in [-0.2, -0.15) is 0 Å². The van der Waals surface area contributed by atoms with Crippen molar-refractivity contribution < 1.29 is 13.6 Å². The molecule has 21 heavy (non-hydrogen) atoms. The van der Waals surface area contributed by atoms with Crippen LogP contribution < -0.4 is 5.32 Å². The van der Waals surface area contributed by atoms with E-state index in [0.29, 0.717) is 11.0 Å². The molecule has 2 aromatic rings. The van der Waals surface area contributed by atoms with Crippen molar-refractivity contribution in [3.05, 3.63) is 46.5 Å². The SMILES string of the molecule is CC(C)c1csc(NC(=O)CCc2c(F)cccc2F)n1. The normalized spacial score (nSPS) is 10.9. The van der Waals surface area contributed by atoms with E-state index in [2.05, 4.69) is 10.3 Å². The van der Waals surface area contributed by atoms with Crippen LogP contribution in [0.1, 0.15) is 37.4 Å². The predicted octanol–water partition coefficient (Wildman–Crippen LogP) is 4.12. The number of halogens is 2. The third-order valence-electron chi connectivity index (χ3n) is 3.02. The van der Waals surface area contributed by atoms with Crippen LogP contribution in [0.4, 0.5) is 13.9 Å². The molecule has 0 atom stereocenters. The zero-order valence-electron chi connectivity index (χ0n) is 11.8. The van der Waals surface area contributed by atoms with E-state index in [1.165, 1.54) is 29.5 Å². The van der Waals surface area contributed by atoms with Gasteiger partial charge in [0.2, 0.25) is 5.91 Å². The van der Waals surface area contributed by atoms with E-state index >= 15 is 0 Å². The van der Waals surface area contributed by atoms with Crippen LogP contribution >= 0.6 is 11.3 Å². The molecule has 1 N–H and O–H groups in total. The summed E-state index contributed by atoms with van der Waals surface area (Å²) in [5.41, 5.74) is 0.852. The highest BCUT2D eigenvalue weighted by Gasteiger charge is 2.12. The second-order valence-electron chi connectivity index (χ2n) is 4.98. The van der Waals surface area contributed by atoms with E-state index in [1.54, 1.807) is 0 Å². The lowest BCUT2D eigenvalue weighted by Gasteiger charge is -2.05. The Labute approximate surface area is 126 Å². The van der Waals surface area contributed by atoms with Crippen molar-refractivity contribution >= 4 is 22.4 Å². The molecule has 0 fully saturated rings. The van der Waals surface area contributed by atoms with Gasteiger partial charge in [-0.1, -0.05) is 19.9 Å². The molecular weight excluding hydrogens is 294 g/mol. The lowest BCUT2D eigenvalue weighted by Crippen LogP contribution is -2.13. The molecule has 6 heteroatoms. The van der Waals surface area contributed by atoms with Crippen molar-refractivity contribution in [3.8, 4) is 0 Å². The van der Waals surface area contributed by atoms with Crippen LogP contribution in [-0.2, 0) is 11.2 Å². The fourth-order valence-electron chi connectivity index (χ4n) is 1.80. The van der Waals surface area contributed by atoms with Gasteiger partial charge in [-0.05, 0) is 24.5 Å². The van der Waals surface area contributed by atoms with Crippen molar-refractivity contribution in [2.75, 3.05) is 5.32 Å². The maximum atomic E-state index is 13.4. The highest BCUT2D eigenvalue weighted by molar-refractivity contribution is 7.13. The summed E-state index contributed by atoms with van der Waals surface area (Å²) < 4.78 is 26.9. The molecule has 1 heterocycles. The zero-order valence-corrected chi connectivity index (χ0v) is 12.6. The smallest absolute Gasteiger partial charge is 0.226 e. The first kappa shape index (κ1) is 15.6. The molecule has 1 aromatic heterocycles. The number of aromatic nitrogens is 1. The van der Waals surface area contributed by atoms with E-state index in [4.69, 9.17) is 0 Å². The molecule has 1 aromatic carbocycles. The molecule has 1 amide bonds. The maximum absolute atomic E-state index is 13.4. The Kier molecular flexibility index (Phi) is 5.01. The molecule has 112 valence electrons. The van der Waals surface area contributed by atoms with E-state index in [0.717, 1.165) is 5.69 Å². The van der Waals surface area contributed by atoms with E-state index in [-0.39, 0.29) is 24.3 Å². The molecule has 3 nitrogen and oxygen atoms in total. The molecular formula is C15H16F2N2OS. The van der Waals surface area contributed by atoms with Gasteiger partial charge in [0.1, 0.15) is 11.6 Å². The Hall–Kier alpha value is -1.82. The Morgan fingerprint density at radius 3 is 2.57 bits per heavy atom. The van der Waals surface area contributed by atoms with Crippen molar-refractivity contribution in [1.82, 2.24) is 4.98 Å². The molecule has 0 aliphatic carbocycles. The van der Waals surface area contributed by atoms with Gasteiger partial charge in [0.25, 0.3) is 0 Å². The number of hydrogen-bond acceptors (Lipinski definition) is 3. The van der Waals surface area contributed by atoms with Crippen LogP contribution in [0.25, 0.3) is 0 Å². The molecule has 0 radical (unpaired) electrons. The first-order valence-electron chi connectivity index (χ1n) is 6.65. The number of benzene rings is 1. The standard InChI is InChI=1S/C15H16F2N2OS/c1-9(2)13-8-21-15(18-13)19-14(20)7-6-10-11(16)4-3-5-12(10)17/h3-5,8-9H,6-7H2,1-2H3,(H,18,19,20). The van der Waals surface area contributed by atoms with Gasteiger partial charge in [0.15, 0.2) is 5.13 Å². The summed E-state index contributed by atoms with van der Waals surface area (Å²) in [6, 6.07) is 3.68. The predicted molar refractivity (Wildman–Crippen MR) is 79.5 cm³/mol. The van der Waals surface area contributed by atoms with Crippen molar-refractivity contribution in [3.63, 3.8) is 0 Å². The minimum Gasteiger partial charge on any atom is -0.302 e. The van der Waals surface area contributed by atoms with Crippen LogP contribution in [0.3, 0.4) is 0 Å². The van der Waals surface area contributed by atoms with Gasteiger partial charge < -0.3 is 5.32 Å². The largest absolute Gasteiger partial charge is 0.302 e. The summed E-state index contributed by atoms with van der Waals surface area (Å²) in [6.07, 6.45) is 0.0290. The van der Waals surface area contributed by atoms with E-state index < -0.39 is 11.6 Å². The zero-order chi connectivity index (χ0) is 15.4. The minimum atomic E-state index is -0.626. The van der Waals surface area contributed by atoms with E-state index in [9.17, 15) is 13.6 Å². The molecule has 0 saturated heterocycles. The summed E-state index contributed by atoms with van der Waals surface area (Å²) >= 11 is 1.34. The second-order valence-corrected chi connectivity index (χ2v) is 5.84. The van der Waals surface area contributed by atoms with Crippen LogP contribution in [0.2, 0.25) is 0 Å². The molecule has 0 aliphatic heterocycles. The fraction of sp³-hybridized carbons (Fsp3) is 0.333. The van der Waals surface area contributed by atoms with Gasteiger partial charge >= 0.3 is 0 Å². The van der Waals surface area contributed by atoms with Crippen molar-refractivity contribution in [2.45, 2.75) is 32.6 Å². The topological polar surface area (TPSA) is 42.0 Å². The van der Waals surface area contributed by atoms with Gasteiger partial charge in [0, 0.05) is 17.4 Å². The lowest BCUT2D eigenvalue weighted by atomic mass is 10.1. The number of hydrogen-bond donors (Lipinski definition) is 1. The first-order chi connectivity index (χ1) is 9.97. The van der Waals surface area contributed by atoms with E-state index in [1.807, 2.05) is 19.2 Å². The third kappa shape index (κ3) is 4.07. The Bertz CT molecular complexity index is 620. The Balaban J connectivity index is 1.93. The maximum Gasteiger partial charge on any atom is 0.226 e. The quantitative estimate of drug-likeness (QED) is 0.902. The molecule has 0 aliphatic rings. The number of anilines is 1. The Morgan fingerprint density at radius 2 is 2.00 bits per heavy atom. The highest BCUT2D eigenvalue weighted by Crippen LogP contribution is 2.22. The van der Waals surface area contributed by atoms with Gasteiger partial charge in [-0.25, -0.2) is 13.8 Å². The molecule has 0 bridgehead atoms. The third-order valence-corrected chi connectivity index (χ3v) is 3.80. The van der Waals surface area contributed by atoms with Crippen LogP contribution in [0.5, 0.6) is 0 Å². The summed E-state index contributed by atoms with van der Waals surface area (Å²) in [5, 5.41) is 5.05. The molecule has 0 unspecified atom stereocenters. The Morgan fingerprint density at radius 1 is 1.33 bits per heavy atom. The number of carbonyl (C=O) groups is 1. The first-order valence-corrected chi connectivity index (χ1v) is 7.53. The number of amides is 1. The summed E-state index contributed by atoms with van der Waals surface area (Å²) in [4.78, 5) is 16.1. The number of nitrogens with zero attached hydrogens (tertiary/aromatic N) is 1. The average molecular weight is 310 g/mol. The highest BCUT2D eigenvalue weighted by atomic mass is 32.1. The van der Waals surface area contributed by atoms with Gasteiger partial charge in [0.05, 0.1) is 5.69 Å². The molecule has 0 saturated carbocycles. The second kappa shape index (κ2) is 6.76. The number of nitrogens with one attached hydrogen (secondary N) is 1. The summed E-state index contributed by atoms with van der Waals surface area (Å²) in [6.45, 7) is 4.03. The number of carbonyl (C=O) groups excluding carboxylic acids is 1. The van der Waals surface area contributed by atoms with Crippen molar-refractivity contribution in [1.29, 1.82) is 0 Å². The molecule has 2 rings (SSSR count). The minimum absolute atomic E-state index is 0.00838. The number of rotatable bonds is 5. The van der Waals surface area contributed by atoms with Crippen LogP contribution in [0.15, 0.2) is 23.6 Å².